The zero-order chi connectivity index (χ0) is 11.5. The van der Waals surface area contributed by atoms with E-state index in [0.717, 1.165) is 6.26 Å². The van der Waals surface area contributed by atoms with E-state index < -0.39 is 32.6 Å². The van der Waals surface area contributed by atoms with Crippen LogP contribution in [0, 0.1) is 0 Å². The van der Waals surface area contributed by atoms with Gasteiger partial charge in [0.15, 0.2) is 0 Å². The van der Waals surface area contributed by atoms with Gasteiger partial charge in [0.1, 0.15) is 15.4 Å². The molecule has 0 aromatic heterocycles. The Kier molecular flexibility index (Phi) is 19.4. The maximum absolute atomic E-state index is 10.4. The van der Waals surface area contributed by atoms with Crippen LogP contribution in [0.15, 0.2) is 0 Å². The first kappa shape index (κ1) is 27.5. The number of carboxylic acid groups (broad SMARTS) is 2. The van der Waals surface area contributed by atoms with Crippen molar-refractivity contribution in [2.24, 2.45) is 0 Å². The third-order valence-corrected chi connectivity index (χ3v) is 3.54. The average Bonchev–Trinajstić information content (AvgIpc) is 1.95. The molecule has 0 spiro atoms. The first-order chi connectivity index (χ1) is 6.21. The van der Waals surface area contributed by atoms with Crippen molar-refractivity contribution >= 4 is 33.8 Å². The van der Waals surface area contributed by atoms with Crippen molar-refractivity contribution in [2.45, 2.75) is 10.5 Å². The molecule has 0 aliphatic carbocycles. The molecule has 0 heterocycles. The van der Waals surface area contributed by atoms with Crippen LogP contribution in [-0.2, 0) is 19.7 Å². The summed E-state index contributed by atoms with van der Waals surface area (Å²) in [6, 6.07) is 0. The molecule has 0 aromatic rings. The predicted molar refractivity (Wildman–Crippen MR) is 40.8 cm³/mol. The SMILES string of the molecule is CSC(C(=O)[O-])C(C(=O)[O-])S(=O)(=O)[O-].[Na+].[Na+].[Na+]. The normalized spacial score (nSPS) is 13.1. The molecular formula is C5H5Na3O7S2. The summed E-state index contributed by atoms with van der Waals surface area (Å²) in [7, 11) is -5.27. The maximum Gasteiger partial charge on any atom is 1.00 e. The minimum Gasteiger partial charge on any atom is -0.747 e. The Morgan fingerprint density at radius 2 is 1.41 bits per heavy atom. The number of aliphatic carboxylic acids is 2. The second-order valence-corrected chi connectivity index (χ2v) is 4.68. The van der Waals surface area contributed by atoms with Crippen LogP contribution in [0.25, 0.3) is 0 Å². The van der Waals surface area contributed by atoms with Crippen LogP contribution in [0.5, 0.6) is 0 Å². The zero-order valence-corrected chi connectivity index (χ0v) is 17.5. The van der Waals surface area contributed by atoms with Gasteiger partial charge in [-0.25, -0.2) is 8.42 Å². The van der Waals surface area contributed by atoms with Crippen LogP contribution in [0.3, 0.4) is 0 Å². The van der Waals surface area contributed by atoms with E-state index in [9.17, 15) is 32.8 Å². The molecule has 82 valence electrons. The van der Waals surface area contributed by atoms with E-state index in [1.54, 1.807) is 0 Å². The maximum atomic E-state index is 10.4. The topological polar surface area (TPSA) is 137 Å². The van der Waals surface area contributed by atoms with Gasteiger partial charge in [0, 0.05) is 0 Å². The van der Waals surface area contributed by atoms with Gasteiger partial charge in [0.2, 0.25) is 0 Å². The molecule has 0 saturated carbocycles. The van der Waals surface area contributed by atoms with Crippen LogP contribution in [0.4, 0.5) is 0 Å². The fourth-order valence-electron chi connectivity index (χ4n) is 0.736. The fourth-order valence-corrected chi connectivity index (χ4v) is 2.68. The second-order valence-electron chi connectivity index (χ2n) is 2.21. The number of hydrogen-bond acceptors (Lipinski definition) is 8. The van der Waals surface area contributed by atoms with E-state index in [-0.39, 0.29) is 88.7 Å². The summed E-state index contributed by atoms with van der Waals surface area (Å²) < 4.78 is 31.2. The summed E-state index contributed by atoms with van der Waals surface area (Å²) in [5.41, 5.74) is 0. The molecule has 2 atom stereocenters. The molecule has 0 N–H and O–H groups in total. The summed E-state index contributed by atoms with van der Waals surface area (Å²) in [5.74, 6) is -4.19. The number of carbonyl (C=O) groups is 2. The van der Waals surface area contributed by atoms with Crippen molar-refractivity contribution in [3.63, 3.8) is 0 Å². The quantitative estimate of drug-likeness (QED) is 0.360. The van der Waals surface area contributed by atoms with E-state index in [4.69, 9.17) is 0 Å². The van der Waals surface area contributed by atoms with E-state index >= 15 is 0 Å². The van der Waals surface area contributed by atoms with Gasteiger partial charge in [-0.1, -0.05) is 0 Å². The van der Waals surface area contributed by atoms with E-state index in [2.05, 4.69) is 0 Å². The summed E-state index contributed by atoms with van der Waals surface area (Å²) in [6.07, 6.45) is 1.14. The van der Waals surface area contributed by atoms with Crippen molar-refractivity contribution in [2.75, 3.05) is 6.26 Å². The average molecular weight is 310 g/mol. The number of carboxylic acids is 2. The molecule has 0 aliphatic rings. The van der Waals surface area contributed by atoms with Crippen LogP contribution < -0.4 is 98.9 Å². The van der Waals surface area contributed by atoms with Gasteiger partial charge in [-0.05, 0) is 6.26 Å². The molecule has 0 saturated heterocycles. The van der Waals surface area contributed by atoms with Gasteiger partial charge in [0.05, 0.1) is 17.2 Å². The van der Waals surface area contributed by atoms with Crippen molar-refractivity contribution in [3.05, 3.63) is 0 Å². The Bertz CT molecular complexity index is 343. The monoisotopic (exact) mass is 310 g/mol. The van der Waals surface area contributed by atoms with Gasteiger partial charge >= 0.3 is 88.7 Å². The largest absolute Gasteiger partial charge is 1.00 e. The number of rotatable bonds is 5. The van der Waals surface area contributed by atoms with E-state index in [1.165, 1.54) is 0 Å². The van der Waals surface area contributed by atoms with Crippen LogP contribution in [0.2, 0.25) is 0 Å². The molecular weight excluding hydrogens is 305 g/mol. The molecule has 7 nitrogen and oxygen atoms in total. The Hall–Kier alpha value is 2.20. The van der Waals surface area contributed by atoms with E-state index in [0.29, 0.717) is 11.8 Å². The first-order valence-corrected chi connectivity index (χ1v) is 5.87. The fraction of sp³-hybridized carbons (Fsp3) is 0.600. The van der Waals surface area contributed by atoms with E-state index in [1.807, 2.05) is 0 Å². The smallest absolute Gasteiger partial charge is 0.747 e. The molecule has 0 amide bonds. The Morgan fingerprint density at radius 1 is 1.06 bits per heavy atom. The molecule has 0 fully saturated rings. The minimum atomic E-state index is -5.27. The van der Waals surface area contributed by atoms with Crippen LogP contribution in [0.1, 0.15) is 0 Å². The third kappa shape index (κ3) is 9.69. The number of carbonyl (C=O) groups excluding carboxylic acids is 2. The molecule has 12 heteroatoms. The van der Waals surface area contributed by atoms with Gasteiger partial charge in [-0.15, -0.1) is 0 Å². The molecule has 0 aliphatic heterocycles. The van der Waals surface area contributed by atoms with Crippen molar-refractivity contribution < 1.29 is 121 Å². The summed E-state index contributed by atoms with van der Waals surface area (Å²) in [4.78, 5) is 20.6. The van der Waals surface area contributed by atoms with Gasteiger partial charge in [-0.3, -0.25) is 0 Å². The Labute approximate surface area is 169 Å². The number of thioether (sulfide) groups is 1. The van der Waals surface area contributed by atoms with Crippen molar-refractivity contribution in [3.8, 4) is 0 Å². The Balaban J connectivity index is -0.000000282. The summed E-state index contributed by atoms with van der Waals surface area (Å²) >= 11 is 0.379. The standard InChI is InChI=1S/C5H8O7S2.3Na/c1-13-2(4(6)7)3(5(8)9)14(10,11)12;;;/h2-3H,1H3,(H,6,7)(H,8,9)(H,10,11,12);;;/q;3*+1/p-3. The molecule has 0 bridgehead atoms. The third-order valence-electron chi connectivity index (χ3n) is 1.30. The molecule has 0 rings (SSSR count). The number of hydrogen-bond donors (Lipinski definition) is 0. The van der Waals surface area contributed by atoms with Crippen molar-refractivity contribution in [1.82, 2.24) is 0 Å². The van der Waals surface area contributed by atoms with Gasteiger partial charge in [-0.2, -0.15) is 11.8 Å². The van der Waals surface area contributed by atoms with Crippen LogP contribution in [-0.4, -0.2) is 41.7 Å². The molecule has 17 heavy (non-hydrogen) atoms. The van der Waals surface area contributed by atoms with Crippen LogP contribution >= 0.6 is 11.8 Å². The van der Waals surface area contributed by atoms with Gasteiger partial charge < -0.3 is 24.4 Å². The van der Waals surface area contributed by atoms with Crippen molar-refractivity contribution in [1.29, 1.82) is 0 Å². The molecule has 0 radical (unpaired) electrons. The minimum absolute atomic E-state index is 0. The second kappa shape index (κ2) is 12.0. The van der Waals surface area contributed by atoms with Gasteiger partial charge in [0.25, 0.3) is 0 Å². The summed E-state index contributed by atoms with van der Waals surface area (Å²) in [6.45, 7) is 0. The molecule has 0 aromatic carbocycles. The molecule has 2 unspecified atom stereocenters. The summed E-state index contributed by atoms with van der Waals surface area (Å²) in [5, 5.41) is 15.9. The first-order valence-electron chi connectivity index (χ1n) is 3.11. The zero-order valence-electron chi connectivity index (χ0n) is 9.83. The Morgan fingerprint density at radius 3 is 1.47 bits per heavy atom. The predicted octanol–water partition coefficient (Wildman–Crippen LogP) is -12.9.